The first-order chi connectivity index (χ1) is 13.9. The fourth-order valence-electron chi connectivity index (χ4n) is 3.10. The molecule has 0 atom stereocenters. The Morgan fingerprint density at radius 1 is 0.966 bits per heavy atom. The summed E-state index contributed by atoms with van der Waals surface area (Å²) in [6.45, 7) is 6.39. The lowest BCUT2D eigenvalue weighted by atomic mass is 10.0. The van der Waals surface area contributed by atoms with E-state index < -0.39 is 0 Å². The summed E-state index contributed by atoms with van der Waals surface area (Å²) in [5.41, 5.74) is 3.13. The van der Waals surface area contributed by atoms with Gasteiger partial charge in [-0.1, -0.05) is 29.8 Å². The van der Waals surface area contributed by atoms with E-state index in [0.717, 1.165) is 11.3 Å². The van der Waals surface area contributed by atoms with E-state index in [2.05, 4.69) is 5.32 Å². The van der Waals surface area contributed by atoms with Crippen LogP contribution in [0, 0.1) is 6.92 Å². The van der Waals surface area contributed by atoms with E-state index in [1.54, 1.807) is 7.11 Å². The molecule has 1 heterocycles. The lowest BCUT2D eigenvalue weighted by molar-refractivity contribution is -0.137. The van der Waals surface area contributed by atoms with Crippen LogP contribution in [0.15, 0.2) is 54.2 Å². The van der Waals surface area contributed by atoms with Gasteiger partial charge in [0, 0.05) is 12.8 Å². The number of imide groups is 1. The summed E-state index contributed by atoms with van der Waals surface area (Å²) < 4.78 is 10.7. The maximum absolute atomic E-state index is 13.0. The van der Waals surface area contributed by atoms with Crippen LogP contribution in [-0.2, 0) is 14.3 Å². The highest BCUT2D eigenvalue weighted by Gasteiger charge is 2.38. The largest absolute Gasteiger partial charge is 0.491 e. The van der Waals surface area contributed by atoms with E-state index >= 15 is 0 Å². The number of anilines is 1. The Kier molecular flexibility index (Phi) is 6.34. The lowest BCUT2D eigenvalue weighted by Crippen LogP contribution is -2.35. The molecular weight excluding hydrogens is 368 g/mol. The zero-order valence-electron chi connectivity index (χ0n) is 17.2. The molecule has 29 heavy (non-hydrogen) atoms. The summed E-state index contributed by atoms with van der Waals surface area (Å²) in [6.07, 6.45) is 0.0769. The van der Waals surface area contributed by atoms with Gasteiger partial charge in [-0.2, -0.15) is 0 Å². The Morgan fingerprint density at radius 3 is 2.21 bits per heavy atom. The van der Waals surface area contributed by atoms with Gasteiger partial charge < -0.3 is 14.8 Å². The standard InChI is InChI=1S/C23H26N2O4/c1-15(2)29-19-11-9-18(10-12-19)24-21-20(17-7-5-16(3)6-8-17)22(26)25(23(21)27)13-14-28-4/h5-12,15,24H,13-14H2,1-4H3. The number of nitrogens with one attached hydrogen (secondary N) is 1. The van der Waals surface area contributed by atoms with Crippen LogP contribution >= 0.6 is 0 Å². The molecule has 0 aliphatic carbocycles. The molecule has 0 aromatic heterocycles. The van der Waals surface area contributed by atoms with Gasteiger partial charge in [0.1, 0.15) is 11.4 Å². The van der Waals surface area contributed by atoms with Crippen molar-refractivity contribution < 1.29 is 19.1 Å². The van der Waals surface area contributed by atoms with Gasteiger partial charge in [-0.15, -0.1) is 0 Å². The van der Waals surface area contributed by atoms with E-state index in [1.165, 1.54) is 4.90 Å². The molecule has 3 rings (SSSR count). The number of amides is 2. The average Bonchev–Trinajstić information content (AvgIpc) is 2.92. The molecule has 6 heteroatoms. The van der Waals surface area contributed by atoms with E-state index in [9.17, 15) is 9.59 Å². The molecule has 0 saturated heterocycles. The Labute approximate surface area is 171 Å². The summed E-state index contributed by atoms with van der Waals surface area (Å²) in [5.74, 6) is 0.0668. The maximum atomic E-state index is 13.0. The molecule has 152 valence electrons. The number of carbonyl (C=O) groups excluding carboxylic acids is 2. The fraction of sp³-hybridized carbons (Fsp3) is 0.304. The van der Waals surface area contributed by atoms with E-state index in [4.69, 9.17) is 9.47 Å². The highest BCUT2D eigenvalue weighted by atomic mass is 16.5. The molecule has 1 N–H and O–H groups in total. The third-order valence-corrected chi connectivity index (χ3v) is 4.52. The van der Waals surface area contributed by atoms with Gasteiger partial charge in [0.05, 0.1) is 24.8 Å². The summed E-state index contributed by atoms with van der Waals surface area (Å²) >= 11 is 0. The van der Waals surface area contributed by atoms with E-state index in [-0.39, 0.29) is 36.8 Å². The van der Waals surface area contributed by atoms with Gasteiger partial charge in [-0.25, -0.2) is 0 Å². The van der Waals surface area contributed by atoms with E-state index in [1.807, 2.05) is 69.3 Å². The third-order valence-electron chi connectivity index (χ3n) is 4.52. The predicted octanol–water partition coefficient (Wildman–Crippen LogP) is 3.62. The molecule has 0 bridgehead atoms. The predicted molar refractivity (Wildman–Crippen MR) is 113 cm³/mol. The Hall–Kier alpha value is -3.12. The lowest BCUT2D eigenvalue weighted by Gasteiger charge is -2.14. The highest BCUT2D eigenvalue weighted by Crippen LogP contribution is 2.31. The Bertz CT molecular complexity index is 915. The second-order valence-corrected chi connectivity index (χ2v) is 7.19. The summed E-state index contributed by atoms with van der Waals surface area (Å²) in [7, 11) is 1.54. The van der Waals surface area contributed by atoms with Crippen LogP contribution in [0.25, 0.3) is 5.57 Å². The van der Waals surface area contributed by atoms with Crippen molar-refractivity contribution in [3.05, 3.63) is 65.4 Å². The Morgan fingerprint density at radius 2 is 1.62 bits per heavy atom. The molecule has 2 aromatic carbocycles. The maximum Gasteiger partial charge on any atom is 0.278 e. The monoisotopic (exact) mass is 394 g/mol. The number of hydrogen-bond acceptors (Lipinski definition) is 5. The molecule has 1 aliphatic rings. The van der Waals surface area contributed by atoms with Gasteiger partial charge in [-0.3, -0.25) is 14.5 Å². The number of hydrogen-bond donors (Lipinski definition) is 1. The number of methoxy groups -OCH3 is 1. The summed E-state index contributed by atoms with van der Waals surface area (Å²) in [4.78, 5) is 27.2. The van der Waals surface area contributed by atoms with Gasteiger partial charge >= 0.3 is 0 Å². The number of nitrogens with zero attached hydrogens (tertiary/aromatic N) is 1. The highest BCUT2D eigenvalue weighted by molar-refractivity contribution is 6.36. The zero-order chi connectivity index (χ0) is 21.0. The molecule has 1 aliphatic heterocycles. The first-order valence-electron chi connectivity index (χ1n) is 9.61. The number of ether oxygens (including phenoxy) is 2. The first kappa shape index (κ1) is 20.6. The average molecular weight is 394 g/mol. The second kappa shape index (κ2) is 8.92. The second-order valence-electron chi connectivity index (χ2n) is 7.19. The van der Waals surface area contributed by atoms with Crippen LogP contribution in [0.4, 0.5) is 5.69 Å². The Balaban J connectivity index is 1.94. The van der Waals surface area contributed by atoms with Crippen LogP contribution in [0.2, 0.25) is 0 Å². The number of benzene rings is 2. The normalized spacial score (nSPS) is 14.2. The summed E-state index contributed by atoms with van der Waals surface area (Å²) in [5, 5.41) is 3.14. The van der Waals surface area contributed by atoms with Crippen molar-refractivity contribution in [1.29, 1.82) is 0 Å². The molecule has 0 saturated carbocycles. The minimum atomic E-state index is -0.356. The van der Waals surface area contributed by atoms with Crippen molar-refractivity contribution in [3.8, 4) is 5.75 Å². The van der Waals surface area contributed by atoms with Gasteiger partial charge in [-0.05, 0) is 50.6 Å². The van der Waals surface area contributed by atoms with Crippen molar-refractivity contribution >= 4 is 23.1 Å². The SMILES string of the molecule is COCCN1C(=O)C(Nc2ccc(OC(C)C)cc2)=C(c2ccc(C)cc2)C1=O. The molecular formula is C23H26N2O4. The van der Waals surface area contributed by atoms with Crippen LogP contribution in [0.5, 0.6) is 5.75 Å². The van der Waals surface area contributed by atoms with Crippen molar-refractivity contribution in [2.75, 3.05) is 25.6 Å². The minimum absolute atomic E-state index is 0.0769. The first-order valence-corrected chi connectivity index (χ1v) is 9.61. The molecule has 2 aromatic rings. The van der Waals surface area contributed by atoms with Gasteiger partial charge in [0.15, 0.2) is 0 Å². The van der Waals surface area contributed by atoms with Crippen molar-refractivity contribution in [3.63, 3.8) is 0 Å². The molecule has 0 fully saturated rings. The molecule has 0 radical (unpaired) electrons. The van der Waals surface area contributed by atoms with Crippen LogP contribution in [-0.4, -0.2) is 43.1 Å². The van der Waals surface area contributed by atoms with Crippen molar-refractivity contribution in [1.82, 2.24) is 4.90 Å². The van der Waals surface area contributed by atoms with Crippen LogP contribution in [0.3, 0.4) is 0 Å². The molecule has 0 spiro atoms. The minimum Gasteiger partial charge on any atom is -0.491 e. The van der Waals surface area contributed by atoms with Gasteiger partial charge in [0.25, 0.3) is 11.8 Å². The van der Waals surface area contributed by atoms with Crippen LogP contribution < -0.4 is 10.1 Å². The number of rotatable bonds is 8. The molecule has 6 nitrogen and oxygen atoms in total. The zero-order valence-corrected chi connectivity index (χ0v) is 17.2. The fourth-order valence-corrected chi connectivity index (χ4v) is 3.10. The third kappa shape index (κ3) is 4.66. The molecule has 0 unspecified atom stereocenters. The quantitative estimate of drug-likeness (QED) is 0.693. The smallest absolute Gasteiger partial charge is 0.278 e. The van der Waals surface area contributed by atoms with Crippen molar-refractivity contribution in [2.24, 2.45) is 0 Å². The van der Waals surface area contributed by atoms with E-state index in [0.29, 0.717) is 16.8 Å². The topological polar surface area (TPSA) is 67.9 Å². The number of carbonyl (C=O) groups is 2. The summed E-state index contributed by atoms with van der Waals surface area (Å²) in [6, 6.07) is 14.9. The van der Waals surface area contributed by atoms with Gasteiger partial charge in [0.2, 0.25) is 0 Å². The van der Waals surface area contributed by atoms with Crippen LogP contribution in [0.1, 0.15) is 25.0 Å². The number of aryl methyl sites for hydroxylation is 1. The van der Waals surface area contributed by atoms with Crippen molar-refractivity contribution in [2.45, 2.75) is 26.9 Å². The molecule has 2 amide bonds.